The minimum Gasteiger partial charge on any atom is -0.494 e. The Hall–Kier alpha value is -3.08. The van der Waals surface area contributed by atoms with Crippen LogP contribution < -0.4 is 10.1 Å². The smallest absolute Gasteiger partial charge is 0.255 e. The number of carbonyl (C=O) groups is 1. The Bertz CT molecular complexity index is 925. The number of nitrogens with zero attached hydrogens (tertiary/aromatic N) is 1. The number of hydrogen-bond acceptors (Lipinski definition) is 4. The van der Waals surface area contributed by atoms with Crippen LogP contribution in [-0.4, -0.2) is 17.5 Å². The zero-order valence-corrected chi connectivity index (χ0v) is 15.4. The zero-order valence-electron chi connectivity index (χ0n) is 15.4. The summed E-state index contributed by atoms with van der Waals surface area (Å²) in [5.74, 6) is 1.96. The first-order valence-corrected chi connectivity index (χ1v) is 8.57. The molecule has 26 heavy (non-hydrogen) atoms. The summed E-state index contributed by atoms with van der Waals surface area (Å²) >= 11 is 0. The molecule has 1 amide bonds. The fourth-order valence-electron chi connectivity index (χ4n) is 2.64. The van der Waals surface area contributed by atoms with E-state index >= 15 is 0 Å². The van der Waals surface area contributed by atoms with Gasteiger partial charge >= 0.3 is 0 Å². The molecule has 1 aromatic heterocycles. The summed E-state index contributed by atoms with van der Waals surface area (Å²) in [4.78, 5) is 17.0. The van der Waals surface area contributed by atoms with E-state index in [0.717, 1.165) is 28.3 Å². The second-order valence-corrected chi connectivity index (χ2v) is 6.11. The maximum absolute atomic E-state index is 12.6. The van der Waals surface area contributed by atoms with Gasteiger partial charge in [0.05, 0.1) is 12.3 Å². The Morgan fingerprint density at radius 3 is 2.62 bits per heavy atom. The van der Waals surface area contributed by atoms with Crippen LogP contribution in [-0.2, 0) is 0 Å². The van der Waals surface area contributed by atoms with Crippen molar-refractivity contribution in [3.63, 3.8) is 0 Å². The van der Waals surface area contributed by atoms with Gasteiger partial charge in [0.25, 0.3) is 5.91 Å². The second kappa shape index (κ2) is 7.44. The van der Waals surface area contributed by atoms with E-state index in [1.807, 2.05) is 64.1 Å². The van der Waals surface area contributed by atoms with Gasteiger partial charge in [-0.3, -0.25) is 4.79 Å². The zero-order chi connectivity index (χ0) is 18.7. The van der Waals surface area contributed by atoms with Gasteiger partial charge in [0, 0.05) is 16.8 Å². The highest BCUT2D eigenvalue weighted by Crippen LogP contribution is 2.25. The SMILES string of the molecule is CCOc1ccc(C(=O)Nc2cccc(-c3nc(C)c(C)o3)c2)cc1C. The normalized spacial score (nSPS) is 10.6. The quantitative estimate of drug-likeness (QED) is 0.709. The Kier molecular flexibility index (Phi) is 5.07. The van der Waals surface area contributed by atoms with Gasteiger partial charge in [0.15, 0.2) is 0 Å². The highest BCUT2D eigenvalue weighted by atomic mass is 16.5. The number of rotatable bonds is 5. The average Bonchev–Trinajstić information content (AvgIpc) is 2.96. The molecule has 0 aliphatic rings. The molecule has 0 unspecified atom stereocenters. The summed E-state index contributed by atoms with van der Waals surface area (Å²) in [6, 6.07) is 12.9. The minimum atomic E-state index is -0.173. The van der Waals surface area contributed by atoms with E-state index in [1.165, 1.54) is 0 Å². The molecule has 5 heteroatoms. The third-order valence-corrected chi connectivity index (χ3v) is 4.13. The minimum absolute atomic E-state index is 0.173. The number of nitrogens with one attached hydrogen (secondary N) is 1. The van der Waals surface area contributed by atoms with Gasteiger partial charge in [-0.1, -0.05) is 6.07 Å². The predicted molar refractivity (Wildman–Crippen MR) is 102 cm³/mol. The highest BCUT2D eigenvalue weighted by molar-refractivity contribution is 6.04. The van der Waals surface area contributed by atoms with Gasteiger partial charge in [0.1, 0.15) is 11.5 Å². The molecule has 1 heterocycles. The molecule has 2 aromatic carbocycles. The van der Waals surface area contributed by atoms with Gasteiger partial charge < -0.3 is 14.5 Å². The van der Waals surface area contributed by atoms with Crippen LogP contribution in [0.1, 0.15) is 34.3 Å². The monoisotopic (exact) mass is 350 g/mol. The van der Waals surface area contributed by atoms with Gasteiger partial charge in [-0.25, -0.2) is 4.98 Å². The van der Waals surface area contributed by atoms with E-state index in [9.17, 15) is 4.79 Å². The first kappa shape index (κ1) is 17.7. The fraction of sp³-hybridized carbons (Fsp3) is 0.238. The number of carbonyl (C=O) groups excluding carboxylic acids is 1. The third-order valence-electron chi connectivity index (χ3n) is 4.13. The summed E-state index contributed by atoms with van der Waals surface area (Å²) < 4.78 is 11.2. The number of hydrogen-bond donors (Lipinski definition) is 1. The molecule has 134 valence electrons. The maximum Gasteiger partial charge on any atom is 0.255 e. The molecule has 3 rings (SSSR count). The van der Waals surface area contributed by atoms with Crippen LogP contribution in [0.4, 0.5) is 5.69 Å². The first-order valence-electron chi connectivity index (χ1n) is 8.57. The second-order valence-electron chi connectivity index (χ2n) is 6.11. The molecule has 3 aromatic rings. The Labute approximate surface area is 153 Å². The number of anilines is 1. The van der Waals surface area contributed by atoms with Crippen molar-refractivity contribution in [3.8, 4) is 17.2 Å². The van der Waals surface area contributed by atoms with E-state index in [-0.39, 0.29) is 5.91 Å². The van der Waals surface area contributed by atoms with E-state index in [1.54, 1.807) is 6.07 Å². The molecule has 0 aliphatic carbocycles. The number of oxazole rings is 1. The highest BCUT2D eigenvalue weighted by Gasteiger charge is 2.12. The summed E-state index contributed by atoms with van der Waals surface area (Å²) in [5.41, 5.74) is 3.88. The van der Waals surface area contributed by atoms with Crippen LogP contribution >= 0.6 is 0 Å². The van der Waals surface area contributed by atoms with Crippen LogP contribution in [0.15, 0.2) is 46.9 Å². The van der Waals surface area contributed by atoms with Crippen molar-refractivity contribution in [2.75, 3.05) is 11.9 Å². The molecular weight excluding hydrogens is 328 g/mol. The number of benzene rings is 2. The number of ether oxygens (including phenoxy) is 1. The molecule has 0 radical (unpaired) electrons. The van der Waals surface area contributed by atoms with Crippen molar-refractivity contribution < 1.29 is 13.9 Å². The molecule has 0 saturated carbocycles. The maximum atomic E-state index is 12.6. The molecule has 0 bridgehead atoms. The van der Waals surface area contributed by atoms with Crippen molar-refractivity contribution in [1.29, 1.82) is 0 Å². The first-order chi connectivity index (χ1) is 12.5. The van der Waals surface area contributed by atoms with Crippen LogP contribution in [0.3, 0.4) is 0 Å². The van der Waals surface area contributed by atoms with Gasteiger partial charge in [-0.2, -0.15) is 0 Å². The third kappa shape index (κ3) is 3.77. The molecule has 0 atom stereocenters. The van der Waals surface area contributed by atoms with Crippen molar-refractivity contribution in [3.05, 3.63) is 65.0 Å². The Morgan fingerprint density at radius 2 is 1.96 bits per heavy atom. The van der Waals surface area contributed by atoms with Crippen molar-refractivity contribution in [1.82, 2.24) is 4.98 Å². The summed E-state index contributed by atoms with van der Waals surface area (Å²) in [6.07, 6.45) is 0. The van der Waals surface area contributed by atoms with Gasteiger partial charge in [-0.15, -0.1) is 0 Å². The number of aryl methyl sites for hydroxylation is 3. The summed E-state index contributed by atoms with van der Waals surface area (Å²) in [6.45, 7) is 8.24. The largest absolute Gasteiger partial charge is 0.494 e. The molecular formula is C21H22N2O3. The summed E-state index contributed by atoms with van der Waals surface area (Å²) in [7, 11) is 0. The lowest BCUT2D eigenvalue weighted by Crippen LogP contribution is -2.12. The predicted octanol–water partition coefficient (Wildman–Crippen LogP) is 4.92. The van der Waals surface area contributed by atoms with Crippen LogP contribution in [0.5, 0.6) is 5.75 Å². The lowest BCUT2D eigenvalue weighted by molar-refractivity contribution is 0.102. The van der Waals surface area contributed by atoms with Crippen LogP contribution in [0.2, 0.25) is 0 Å². The Morgan fingerprint density at radius 1 is 1.15 bits per heavy atom. The molecule has 0 aliphatic heterocycles. The van der Waals surface area contributed by atoms with Crippen molar-refractivity contribution >= 4 is 11.6 Å². The molecule has 5 nitrogen and oxygen atoms in total. The van der Waals surface area contributed by atoms with E-state index < -0.39 is 0 Å². The van der Waals surface area contributed by atoms with E-state index in [2.05, 4.69) is 10.3 Å². The average molecular weight is 350 g/mol. The number of aromatic nitrogens is 1. The van der Waals surface area contributed by atoms with E-state index in [4.69, 9.17) is 9.15 Å². The molecule has 0 saturated heterocycles. The Balaban J connectivity index is 1.79. The molecule has 0 spiro atoms. The topological polar surface area (TPSA) is 64.4 Å². The van der Waals surface area contributed by atoms with Gasteiger partial charge in [-0.05, 0) is 69.7 Å². The van der Waals surface area contributed by atoms with Crippen molar-refractivity contribution in [2.45, 2.75) is 27.7 Å². The molecule has 0 fully saturated rings. The van der Waals surface area contributed by atoms with Crippen molar-refractivity contribution in [2.24, 2.45) is 0 Å². The van der Waals surface area contributed by atoms with Crippen LogP contribution in [0.25, 0.3) is 11.5 Å². The molecule has 1 N–H and O–H groups in total. The van der Waals surface area contributed by atoms with E-state index in [0.29, 0.717) is 23.7 Å². The summed E-state index contributed by atoms with van der Waals surface area (Å²) in [5, 5.41) is 2.92. The van der Waals surface area contributed by atoms with Crippen LogP contribution in [0, 0.1) is 20.8 Å². The standard InChI is InChI=1S/C21H22N2O3/c1-5-25-19-10-9-16(11-13(19)2)20(24)23-18-8-6-7-17(12-18)21-22-14(3)15(4)26-21/h6-12H,5H2,1-4H3,(H,23,24). The lowest BCUT2D eigenvalue weighted by atomic mass is 10.1. The number of amides is 1. The lowest BCUT2D eigenvalue weighted by Gasteiger charge is -2.10. The van der Waals surface area contributed by atoms with Gasteiger partial charge in [0.2, 0.25) is 5.89 Å². The fourth-order valence-corrected chi connectivity index (χ4v) is 2.64.